The zero-order chi connectivity index (χ0) is 11.4. The van der Waals surface area contributed by atoms with Crippen molar-refractivity contribution in [2.24, 2.45) is 0 Å². The number of rotatable bonds is 4. The molecule has 1 N–H and O–H groups in total. The Morgan fingerprint density at radius 1 is 1.06 bits per heavy atom. The fourth-order valence-electron chi connectivity index (χ4n) is 1.66. The highest BCUT2D eigenvalue weighted by Gasteiger charge is 2.02. The van der Waals surface area contributed by atoms with Crippen LogP contribution in [-0.2, 0) is 13.1 Å². The van der Waals surface area contributed by atoms with E-state index in [1.54, 1.807) is 0 Å². The highest BCUT2D eigenvalue weighted by Crippen LogP contribution is 2.12. The van der Waals surface area contributed by atoms with E-state index >= 15 is 0 Å². The molecule has 1 aromatic heterocycles. The van der Waals surface area contributed by atoms with Crippen LogP contribution in [0.5, 0.6) is 0 Å². The van der Waals surface area contributed by atoms with E-state index in [0.717, 1.165) is 24.6 Å². The van der Waals surface area contributed by atoms with Crippen LogP contribution in [0.15, 0.2) is 40.8 Å². The summed E-state index contributed by atoms with van der Waals surface area (Å²) in [6.45, 7) is 5.72. The molecular formula is C14H17NO. The summed E-state index contributed by atoms with van der Waals surface area (Å²) < 4.78 is 5.59. The van der Waals surface area contributed by atoms with Crippen molar-refractivity contribution in [3.05, 3.63) is 59.0 Å². The molecule has 16 heavy (non-hydrogen) atoms. The molecule has 1 aromatic carbocycles. The van der Waals surface area contributed by atoms with Gasteiger partial charge in [0.05, 0.1) is 6.54 Å². The van der Waals surface area contributed by atoms with Crippen LogP contribution in [-0.4, -0.2) is 0 Å². The summed E-state index contributed by atoms with van der Waals surface area (Å²) >= 11 is 0. The van der Waals surface area contributed by atoms with Crippen LogP contribution >= 0.6 is 0 Å². The van der Waals surface area contributed by atoms with Crippen molar-refractivity contribution >= 4 is 0 Å². The summed E-state index contributed by atoms with van der Waals surface area (Å²) in [5.41, 5.74) is 2.51. The van der Waals surface area contributed by atoms with Crippen LogP contribution in [0, 0.1) is 13.8 Å². The molecule has 2 rings (SSSR count). The van der Waals surface area contributed by atoms with E-state index in [-0.39, 0.29) is 0 Å². The van der Waals surface area contributed by atoms with Crippen LogP contribution in [0.4, 0.5) is 0 Å². The van der Waals surface area contributed by atoms with Gasteiger partial charge in [0, 0.05) is 6.54 Å². The second kappa shape index (κ2) is 4.99. The van der Waals surface area contributed by atoms with Gasteiger partial charge in [0.25, 0.3) is 0 Å². The van der Waals surface area contributed by atoms with Crippen molar-refractivity contribution in [1.82, 2.24) is 5.32 Å². The molecule has 0 saturated heterocycles. The standard InChI is InChI=1S/C14H17NO/c1-11-8-14(16-12(11)2)10-15-9-13-6-4-3-5-7-13/h3-8,15H,9-10H2,1-2H3. The molecule has 0 bridgehead atoms. The van der Waals surface area contributed by atoms with Crippen LogP contribution in [0.3, 0.4) is 0 Å². The van der Waals surface area contributed by atoms with Gasteiger partial charge in [-0.15, -0.1) is 0 Å². The van der Waals surface area contributed by atoms with E-state index in [1.807, 2.05) is 13.0 Å². The predicted molar refractivity (Wildman–Crippen MR) is 65.2 cm³/mol. The Morgan fingerprint density at radius 2 is 1.81 bits per heavy atom. The maximum Gasteiger partial charge on any atom is 0.118 e. The molecule has 0 unspecified atom stereocenters. The number of aryl methyl sites for hydroxylation is 2. The van der Waals surface area contributed by atoms with Crippen molar-refractivity contribution in [3.8, 4) is 0 Å². The molecule has 0 amide bonds. The Hall–Kier alpha value is -1.54. The van der Waals surface area contributed by atoms with Gasteiger partial charge in [-0.25, -0.2) is 0 Å². The number of benzene rings is 1. The van der Waals surface area contributed by atoms with Crippen molar-refractivity contribution in [2.75, 3.05) is 0 Å². The van der Waals surface area contributed by atoms with E-state index in [2.05, 4.69) is 42.6 Å². The lowest BCUT2D eigenvalue weighted by molar-refractivity contribution is 0.460. The molecule has 0 fully saturated rings. The fraction of sp³-hybridized carbons (Fsp3) is 0.286. The summed E-state index contributed by atoms with van der Waals surface area (Å²) in [4.78, 5) is 0. The van der Waals surface area contributed by atoms with Gasteiger partial charge in [-0.3, -0.25) is 0 Å². The third-order valence-corrected chi connectivity index (χ3v) is 2.69. The molecule has 0 radical (unpaired) electrons. The molecule has 1 heterocycles. The fourth-order valence-corrected chi connectivity index (χ4v) is 1.66. The summed E-state index contributed by atoms with van der Waals surface area (Å²) in [6, 6.07) is 12.5. The van der Waals surface area contributed by atoms with Crippen molar-refractivity contribution < 1.29 is 4.42 Å². The molecule has 2 aromatic rings. The summed E-state index contributed by atoms with van der Waals surface area (Å²) in [7, 11) is 0. The minimum Gasteiger partial charge on any atom is -0.465 e. The number of furan rings is 1. The number of nitrogens with one attached hydrogen (secondary N) is 1. The number of hydrogen-bond donors (Lipinski definition) is 1. The molecule has 0 aliphatic heterocycles. The summed E-state index contributed by atoms with van der Waals surface area (Å²) in [6.07, 6.45) is 0. The smallest absolute Gasteiger partial charge is 0.118 e. The van der Waals surface area contributed by atoms with Gasteiger partial charge in [-0.1, -0.05) is 30.3 Å². The first-order chi connectivity index (χ1) is 7.75. The van der Waals surface area contributed by atoms with Gasteiger partial charge >= 0.3 is 0 Å². The van der Waals surface area contributed by atoms with Gasteiger partial charge < -0.3 is 9.73 Å². The number of hydrogen-bond acceptors (Lipinski definition) is 2. The quantitative estimate of drug-likeness (QED) is 0.847. The van der Waals surface area contributed by atoms with Crippen LogP contribution < -0.4 is 5.32 Å². The first-order valence-corrected chi connectivity index (χ1v) is 5.56. The maximum absolute atomic E-state index is 5.59. The molecule has 0 spiro atoms. The highest BCUT2D eigenvalue weighted by atomic mass is 16.3. The minimum absolute atomic E-state index is 0.781. The molecule has 2 heteroatoms. The van der Waals surface area contributed by atoms with E-state index < -0.39 is 0 Å². The van der Waals surface area contributed by atoms with E-state index in [1.165, 1.54) is 11.1 Å². The van der Waals surface area contributed by atoms with Crippen molar-refractivity contribution in [2.45, 2.75) is 26.9 Å². The molecule has 0 atom stereocenters. The zero-order valence-corrected chi connectivity index (χ0v) is 9.79. The van der Waals surface area contributed by atoms with Gasteiger partial charge in [0.15, 0.2) is 0 Å². The van der Waals surface area contributed by atoms with Crippen molar-refractivity contribution in [1.29, 1.82) is 0 Å². The molecule has 0 aliphatic rings. The van der Waals surface area contributed by atoms with E-state index in [0.29, 0.717) is 0 Å². The summed E-state index contributed by atoms with van der Waals surface area (Å²) in [5.74, 6) is 2.02. The Bertz CT molecular complexity index is 426. The Morgan fingerprint density at radius 3 is 2.44 bits per heavy atom. The average Bonchev–Trinajstić information content (AvgIpc) is 2.60. The lowest BCUT2D eigenvalue weighted by Gasteiger charge is -2.02. The first kappa shape index (κ1) is 11.0. The normalized spacial score (nSPS) is 10.6. The Balaban J connectivity index is 1.84. The molecule has 0 saturated carbocycles. The summed E-state index contributed by atoms with van der Waals surface area (Å²) in [5, 5.41) is 3.36. The van der Waals surface area contributed by atoms with E-state index in [9.17, 15) is 0 Å². The lowest BCUT2D eigenvalue weighted by atomic mass is 10.2. The SMILES string of the molecule is Cc1cc(CNCc2ccccc2)oc1C. The third kappa shape index (κ3) is 2.74. The Labute approximate surface area is 96.3 Å². The predicted octanol–water partition coefficient (Wildman–Crippen LogP) is 3.19. The van der Waals surface area contributed by atoms with Gasteiger partial charge in [0.2, 0.25) is 0 Å². The average molecular weight is 215 g/mol. The van der Waals surface area contributed by atoms with Gasteiger partial charge in [-0.2, -0.15) is 0 Å². The zero-order valence-electron chi connectivity index (χ0n) is 9.79. The van der Waals surface area contributed by atoms with Gasteiger partial charge in [-0.05, 0) is 31.0 Å². The molecule has 84 valence electrons. The van der Waals surface area contributed by atoms with E-state index in [4.69, 9.17) is 4.42 Å². The molecule has 2 nitrogen and oxygen atoms in total. The lowest BCUT2D eigenvalue weighted by Crippen LogP contribution is -2.11. The Kier molecular flexibility index (Phi) is 3.42. The van der Waals surface area contributed by atoms with Crippen LogP contribution in [0.2, 0.25) is 0 Å². The monoisotopic (exact) mass is 215 g/mol. The second-order valence-corrected chi connectivity index (χ2v) is 4.04. The van der Waals surface area contributed by atoms with Gasteiger partial charge in [0.1, 0.15) is 11.5 Å². The largest absolute Gasteiger partial charge is 0.465 e. The van der Waals surface area contributed by atoms with Crippen LogP contribution in [0.1, 0.15) is 22.6 Å². The second-order valence-electron chi connectivity index (χ2n) is 4.04. The molecular weight excluding hydrogens is 198 g/mol. The first-order valence-electron chi connectivity index (χ1n) is 5.56. The highest BCUT2D eigenvalue weighted by molar-refractivity contribution is 5.19. The minimum atomic E-state index is 0.781. The molecule has 0 aliphatic carbocycles. The van der Waals surface area contributed by atoms with Crippen LogP contribution in [0.25, 0.3) is 0 Å². The topological polar surface area (TPSA) is 25.2 Å². The third-order valence-electron chi connectivity index (χ3n) is 2.69. The maximum atomic E-state index is 5.59. The van der Waals surface area contributed by atoms with Crippen molar-refractivity contribution in [3.63, 3.8) is 0 Å².